The van der Waals surface area contributed by atoms with E-state index in [1.807, 2.05) is 0 Å². The molecule has 1 unspecified atom stereocenters. The van der Waals surface area contributed by atoms with Gasteiger partial charge in [0.1, 0.15) is 5.56 Å². The van der Waals surface area contributed by atoms with Crippen molar-refractivity contribution in [3.8, 4) is 0 Å². The van der Waals surface area contributed by atoms with E-state index >= 15 is 0 Å². The lowest BCUT2D eigenvalue weighted by atomic mass is 10.2. The number of hydrogen-bond donors (Lipinski definition) is 3. The molecular weight excluding hydrogens is 320 g/mol. The summed E-state index contributed by atoms with van der Waals surface area (Å²) in [7, 11) is -3.86. The lowest BCUT2D eigenvalue weighted by Crippen LogP contribution is -2.39. The van der Waals surface area contributed by atoms with E-state index in [-0.39, 0.29) is 42.2 Å². The Morgan fingerprint density at radius 3 is 2.86 bits per heavy atom. The topological polar surface area (TPSA) is 127 Å². The average Bonchev–Trinajstić information content (AvgIpc) is 3.12. The maximum absolute atomic E-state index is 12.1. The van der Waals surface area contributed by atoms with Crippen molar-refractivity contribution in [1.29, 1.82) is 0 Å². The molecule has 10 heteroatoms. The summed E-state index contributed by atoms with van der Waals surface area (Å²) < 4.78 is 31.4. The molecule has 1 atom stereocenters. The smallest absolute Gasteiger partial charge is 0.342 e. The Morgan fingerprint density at radius 2 is 2.29 bits per heavy atom. The number of nitrogens with one attached hydrogen (secondary N) is 2. The van der Waals surface area contributed by atoms with Gasteiger partial charge in [-0.25, -0.2) is 17.9 Å². The highest BCUT2D eigenvalue weighted by Gasteiger charge is 2.31. The Kier molecular flexibility index (Phi) is 6.14. The van der Waals surface area contributed by atoms with Crippen molar-refractivity contribution in [1.82, 2.24) is 14.9 Å². The van der Waals surface area contributed by atoms with Crippen LogP contribution >= 0.6 is 12.4 Å². The number of sulfonamides is 1. The second-order valence-electron chi connectivity index (χ2n) is 4.69. The molecular formula is C11H19ClN4O4S. The first-order valence-electron chi connectivity index (χ1n) is 6.41. The van der Waals surface area contributed by atoms with Gasteiger partial charge in [0.05, 0.1) is 12.8 Å². The van der Waals surface area contributed by atoms with Crippen LogP contribution in [-0.4, -0.2) is 43.8 Å². The minimum Gasteiger partial charge on any atom is -0.462 e. The number of halogens is 1. The molecule has 8 nitrogen and oxygen atoms in total. The molecule has 0 bridgehead atoms. The van der Waals surface area contributed by atoms with Crippen LogP contribution in [0.2, 0.25) is 0 Å². The monoisotopic (exact) mass is 338 g/mol. The van der Waals surface area contributed by atoms with Crippen molar-refractivity contribution in [2.75, 3.05) is 13.2 Å². The summed E-state index contributed by atoms with van der Waals surface area (Å²) in [6, 6.07) is -0.210. The minimum absolute atomic E-state index is 0. The summed E-state index contributed by atoms with van der Waals surface area (Å²) in [5.41, 5.74) is 5.73. The Bertz CT molecular complexity index is 585. The largest absolute Gasteiger partial charge is 0.462 e. The van der Waals surface area contributed by atoms with Crippen LogP contribution < -0.4 is 10.5 Å². The number of hydrogen-bond acceptors (Lipinski definition) is 6. The van der Waals surface area contributed by atoms with E-state index in [1.165, 1.54) is 0 Å². The molecule has 2 rings (SSSR count). The van der Waals surface area contributed by atoms with Gasteiger partial charge in [-0.1, -0.05) is 0 Å². The fourth-order valence-electron chi connectivity index (χ4n) is 1.80. The first kappa shape index (κ1) is 17.9. The lowest BCUT2D eigenvalue weighted by Gasteiger charge is -2.11. The Balaban J connectivity index is 0.00000220. The van der Waals surface area contributed by atoms with Gasteiger partial charge in [-0.05, 0) is 25.7 Å². The Labute approximate surface area is 129 Å². The van der Waals surface area contributed by atoms with Crippen LogP contribution in [0.3, 0.4) is 0 Å². The molecule has 0 amide bonds. The first-order valence-corrected chi connectivity index (χ1v) is 7.89. The summed E-state index contributed by atoms with van der Waals surface area (Å²) in [5.74, 6) is -0.350. The van der Waals surface area contributed by atoms with Crippen LogP contribution in [0, 0.1) is 5.92 Å². The third kappa shape index (κ3) is 4.40. The van der Waals surface area contributed by atoms with Crippen LogP contribution in [0.25, 0.3) is 0 Å². The van der Waals surface area contributed by atoms with Gasteiger partial charge in [0.25, 0.3) is 10.0 Å². The molecule has 1 aromatic rings. The molecule has 1 aliphatic rings. The molecule has 21 heavy (non-hydrogen) atoms. The van der Waals surface area contributed by atoms with E-state index in [9.17, 15) is 13.2 Å². The van der Waals surface area contributed by atoms with Gasteiger partial charge in [-0.2, -0.15) is 5.10 Å². The number of aromatic amines is 1. The van der Waals surface area contributed by atoms with E-state index in [2.05, 4.69) is 14.9 Å². The Hall–Kier alpha value is -1.16. The number of carbonyl (C=O) groups is 1. The Morgan fingerprint density at radius 1 is 1.62 bits per heavy atom. The molecule has 1 heterocycles. The third-order valence-corrected chi connectivity index (χ3v) is 4.50. The zero-order chi connectivity index (χ0) is 14.8. The number of rotatable bonds is 7. The van der Waals surface area contributed by atoms with E-state index in [4.69, 9.17) is 10.5 Å². The zero-order valence-corrected chi connectivity index (χ0v) is 13.2. The number of aromatic nitrogens is 2. The van der Waals surface area contributed by atoms with Crippen LogP contribution in [0.1, 0.15) is 30.1 Å². The second-order valence-corrected chi connectivity index (χ2v) is 6.39. The predicted molar refractivity (Wildman–Crippen MR) is 77.7 cm³/mol. The molecule has 0 aliphatic heterocycles. The number of nitrogens with two attached hydrogens (primary N) is 1. The lowest BCUT2D eigenvalue weighted by molar-refractivity contribution is 0.0522. The van der Waals surface area contributed by atoms with Crippen molar-refractivity contribution in [2.24, 2.45) is 11.7 Å². The number of ether oxygens (including phenoxy) is 1. The van der Waals surface area contributed by atoms with E-state index in [1.54, 1.807) is 6.92 Å². The maximum Gasteiger partial charge on any atom is 0.342 e. The van der Waals surface area contributed by atoms with E-state index < -0.39 is 16.0 Å². The van der Waals surface area contributed by atoms with Crippen LogP contribution in [0.15, 0.2) is 11.2 Å². The van der Waals surface area contributed by atoms with Crippen molar-refractivity contribution in [2.45, 2.75) is 30.8 Å². The fraction of sp³-hybridized carbons (Fsp3) is 0.636. The van der Waals surface area contributed by atoms with Gasteiger partial charge in [0, 0.05) is 12.6 Å². The normalized spacial score (nSPS) is 16.1. The quantitative estimate of drug-likeness (QED) is 0.601. The summed E-state index contributed by atoms with van der Waals surface area (Å²) in [5, 5.41) is 5.61. The first-order chi connectivity index (χ1) is 9.45. The predicted octanol–water partition coefficient (Wildman–Crippen LogP) is 0.0238. The molecule has 1 fully saturated rings. The minimum atomic E-state index is -3.86. The van der Waals surface area contributed by atoms with Crippen molar-refractivity contribution < 1.29 is 17.9 Å². The van der Waals surface area contributed by atoms with E-state index in [0.29, 0.717) is 5.92 Å². The van der Waals surface area contributed by atoms with E-state index in [0.717, 1.165) is 19.0 Å². The summed E-state index contributed by atoms with van der Waals surface area (Å²) in [6.45, 7) is 1.93. The van der Waals surface area contributed by atoms with Gasteiger partial charge >= 0.3 is 5.97 Å². The number of carbonyl (C=O) groups excluding carboxylic acids is 1. The van der Waals surface area contributed by atoms with Gasteiger partial charge in [-0.3, -0.25) is 5.10 Å². The van der Waals surface area contributed by atoms with Crippen LogP contribution in [0.5, 0.6) is 0 Å². The SMILES string of the molecule is CCOC(=O)c1cn[nH]c1S(=O)(=O)NCC(N)C1CC1.Cl. The van der Waals surface area contributed by atoms with Gasteiger partial charge in [0.15, 0.2) is 5.03 Å². The van der Waals surface area contributed by atoms with Gasteiger partial charge < -0.3 is 10.5 Å². The molecule has 0 aromatic carbocycles. The highest BCUT2D eigenvalue weighted by Crippen LogP contribution is 2.31. The molecule has 1 aliphatic carbocycles. The summed E-state index contributed by atoms with van der Waals surface area (Å²) >= 11 is 0. The average molecular weight is 339 g/mol. The molecule has 120 valence electrons. The molecule has 1 saturated carbocycles. The zero-order valence-electron chi connectivity index (χ0n) is 11.5. The highest BCUT2D eigenvalue weighted by molar-refractivity contribution is 7.89. The standard InChI is InChI=1S/C11H18N4O4S.ClH/c1-2-19-11(16)8-5-13-15-10(8)20(17,18)14-6-9(12)7-3-4-7;/h5,7,9,14H,2-4,6,12H2,1H3,(H,13,15);1H. The fourth-order valence-corrected chi connectivity index (χ4v) is 2.96. The molecule has 0 spiro atoms. The maximum atomic E-state index is 12.1. The van der Waals surface area contributed by atoms with Crippen molar-refractivity contribution >= 4 is 28.4 Å². The van der Waals surface area contributed by atoms with Gasteiger partial charge in [0.2, 0.25) is 0 Å². The molecule has 1 aromatic heterocycles. The summed E-state index contributed by atoms with van der Waals surface area (Å²) in [4.78, 5) is 11.6. The third-order valence-electron chi connectivity index (χ3n) is 3.11. The van der Waals surface area contributed by atoms with Crippen LogP contribution in [0.4, 0.5) is 0 Å². The van der Waals surface area contributed by atoms with Crippen molar-refractivity contribution in [3.05, 3.63) is 11.8 Å². The number of H-pyrrole nitrogens is 1. The summed E-state index contributed by atoms with van der Waals surface area (Å²) in [6.07, 6.45) is 3.19. The van der Waals surface area contributed by atoms with Crippen LogP contribution in [-0.2, 0) is 14.8 Å². The highest BCUT2D eigenvalue weighted by atomic mass is 35.5. The second kappa shape index (κ2) is 7.21. The van der Waals surface area contributed by atoms with Crippen molar-refractivity contribution in [3.63, 3.8) is 0 Å². The molecule has 0 radical (unpaired) electrons. The molecule has 0 saturated heterocycles. The number of esters is 1. The molecule has 4 N–H and O–H groups in total. The number of nitrogens with zero attached hydrogens (tertiary/aromatic N) is 1. The van der Waals surface area contributed by atoms with Gasteiger partial charge in [-0.15, -0.1) is 12.4 Å².